The van der Waals surface area contributed by atoms with Crippen molar-refractivity contribution in [2.24, 2.45) is 5.73 Å². The molecule has 1 aromatic heterocycles. The average Bonchev–Trinajstić information content (AvgIpc) is 2.46. The van der Waals surface area contributed by atoms with Crippen molar-refractivity contribution in [1.82, 2.24) is 4.98 Å². The van der Waals surface area contributed by atoms with Gasteiger partial charge in [-0.15, -0.1) is 0 Å². The summed E-state index contributed by atoms with van der Waals surface area (Å²) in [5.74, 6) is 0. The number of aromatic amines is 1. The first-order valence-electron chi connectivity index (χ1n) is 3.75. The van der Waals surface area contributed by atoms with E-state index in [4.69, 9.17) is 29.6 Å². The largest absolute Gasteiger partial charge is 0.388 e. The summed E-state index contributed by atoms with van der Waals surface area (Å²) in [6, 6.07) is 7.49. The Kier molecular flexibility index (Phi) is 1.98. The fourth-order valence-corrected chi connectivity index (χ4v) is 1.53. The Morgan fingerprint density at radius 2 is 2.15 bits per heavy atom. The summed E-state index contributed by atoms with van der Waals surface area (Å²) in [5.41, 5.74) is 7.25. The molecule has 0 spiro atoms. The first-order valence-corrected chi connectivity index (χ1v) is 4.53. The van der Waals surface area contributed by atoms with E-state index in [1.165, 1.54) is 0 Å². The second kappa shape index (κ2) is 3.01. The summed E-state index contributed by atoms with van der Waals surface area (Å²) < 4.78 is 0. The van der Waals surface area contributed by atoms with E-state index in [-0.39, 0.29) is 0 Å². The zero-order valence-electron chi connectivity index (χ0n) is 6.67. The molecule has 0 bridgehead atoms. The molecule has 0 saturated carbocycles. The van der Waals surface area contributed by atoms with E-state index in [9.17, 15) is 0 Å². The fourth-order valence-electron chi connectivity index (χ4n) is 1.24. The van der Waals surface area contributed by atoms with Gasteiger partial charge in [0.2, 0.25) is 0 Å². The number of halogens is 1. The normalized spacial score (nSPS) is 10.5. The van der Waals surface area contributed by atoms with Crippen LogP contribution in [0, 0.1) is 0 Å². The number of H-pyrrole nitrogens is 1. The number of hydrogen-bond donors (Lipinski definition) is 2. The molecule has 0 aliphatic rings. The highest BCUT2D eigenvalue weighted by atomic mass is 35.5. The Hall–Kier alpha value is -1.06. The average molecular weight is 211 g/mol. The number of thiocarbonyl (C=S) groups is 1. The molecule has 0 unspecified atom stereocenters. The van der Waals surface area contributed by atoms with Gasteiger partial charge in [-0.05, 0) is 24.3 Å². The molecule has 4 heteroatoms. The standard InChI is InChI=1S/C9H7ClN2S/c10-6-1-2-7-5(3-6)4-8(12-7)9(11)13/h1-4,12H,(H2,11,13). The van der Waals surface area contributed by atoms with Crippen molar-refractivity contribution in [2.75, 3.05) is 0 Å². The van der Waals surface area contributed by atoms with Crippen molar-refractivity contribution in [3.05, 3.63) is 35.0 Å². The van der Waals surface area contributed by atoms with E-state index in [2.05, 4.69) is 4.98 Å². The highest BCUT2D eigenvalue weighted by Gasteiger charge is 2.02. The lowest BCUT2D eigenvalue weighted by atomic mass is 10.2. The summed E-state index contributed by atoms with van der Waals surface area (Å²) in [7, 11) is 0. The highest BCUT2D eigenvalue weighted by Crippen LogP contribution is 2.19. The summed E-state index contributed by atoms with van der Waals surface area (Å²) in [6.45, 7) is 0. The monoisotopic (exact) mass is 210 g/mol. The second-order valence-corrected chi connectivity index (χ2v) is 3.66. The number of nitrogens with one attached hydrogen (secondary N) is 1. The van der Waals surface area contributed by atoms with Gasteiger partial charge >= 0.3 is 0 Å². The zero-order valence-corrected chi connectivity index (χ0v) is 8.25. The van der Waals surface area contributed by atoms with Crippen LogP contribution in [0.15, 0.2) is 24.3 Å². The van der Waals surface area contributed by atoms with Crippen LogP contribution in [-0.2, 0) is 0 Å². The van der Waals surface area contributed by atoms with E-state index < -0.39 is 0 Å². The Morgan fingerprint density at radius 3 is 2.85 bits per heavy atom. The van der Waals surface area contributed by atoms with Gasteiger partial charge in [-0.3, -0.25) is 0 Å². The quantitative estimate of drug-likeness (QED) is 0.710. The van der Waals surface area contributed by atoms with E-state index in [0.717, 1.165) is 16.6 Å². The molecular weight excluding hydrogens is 204 g/mol. The van der Waals surface area contributed by atoms with Gasteiger partial charge in [0.05, 0.1) is 5.69 Å². The lowest BCUT2D eigenvalue weighted by Crippen LogP contribution is -2.09. The SMILES string of the molecule is NC(=S)c1cc2cc(Cl)ccc2[nH]1. The van der Waals surface area contributed by atoms with E-state index in [1.54, 1.807) is 0 Å². The maximum Gasteiger partial charge on any atom is 0.120 e. The summed E-state index contributed by atoms with van der Waals surface area (Å²) >= 11 is 10.7. The minimum Gasteiger partial charge on any atom is -0.388 e. The molecule has 2 rings (SSSR count). The topological polar surface area (TPSA) is 41.8 Å². The number of rotatable bonds is 1. The lowest BCUT2D eigenvalue weighted by molar-refractivity contribution is 1.42. The zero-order chi connectivity index (χ0) is 9.42. The van der Waals surface area contributed by atoms with Crippen LogP contribution in [0.1, 0.15) is 5.69 Å². The van der Waals surface area contributed by atoms with Gasteiger partial charge in [0.1, 0.15) is 4.99 Å². The maximum atomic E-state index is 5.83. The van der Waals surface area contributed by atoms with Gasteiger partial charge in [0, 0.05) is 15.9 Å². The van der Waals surface area contributed by atoms with Crippen LogP contribution in [-0.4, -0.2) is 9.97 Å². The molecule has 0 aliphatic carbocycles. The molecule has 2 nitrogen and oxygen atoms in total. The molecule has 0 saturated heterocycles. The van der Waals surface area contributed by atoms with E-state index in [0.29, 0.717) is 10.0 Å². The van der Waals surface area contributed by atoms with Crippen LogP contribution in [0.3, 0.4) is 0 Å². The molecule has 66 valence electrons. The third kappa shape index (κ3) is 1.53. The van der Waals surface area contributed by atoms with E-state index in [1.807, 2.05) is 24.3 Å². The van der Waals surface area contributed by atoms with Crippen LogP contribution in [0.2, 0.25) is 5.02 Å². The number of benzene rings is 1. The first kappa shape index (κ1) is 8.53. The molecule has 1 aromatic carbocycles. The Balaban J connectivity index is 2.68. The molecule has 0 fully saturated rings. The molecule has 3 N–H and O–H groups in total. The molecule has 0 radical (unpaired) electrons. The number of fused-ring (bicyclic) bond motifs is 1. The Morgan fingerprint density at radius 1 is 1.38 bits per heavy atom. The van der Waals surface area contributed by atoms with Crippen molar-refractivity contribution in [3.63, 3.8) is 0 Å². The van der Waals surface area contributed by atoms with Crippen molar-refractivity contribution in [2.45, 2.75) is 0 Å². The van der Waals surface area contributed by atoms with Gasteiger partial charge < -0.3 is 10.7 Å². The predicted octanol–water partition coefficient (Wildman–Crippen LogP) is 2.46. The first-order chi connectivity index (χ1) is 6.16. The van der Waals surface area contributed by atoms with Crippen molar-refractivity contribution >= 4 is 39.7 Å². The summed E-state index contributed by atoms with van der Waals surface area (Å²) in [4.78, 5) is 3.47. The maximum absolute atomic E-state index is 5.83. The van der Waals surface area contributed by atoms with Crippen molar-refractivity contribution in [1.29, 1.82) is 0 Å². The molecule has 1 heterocycles. The molecule has 13 heavy (non-hydrogen) atoms. The van der Waals surface area contributed by atoms with Crippen LogP contribution in [0.25, 0.3) is 10.9 Å². The van der Waals surface area contributed by atoms with Crippen molar-refractivity contribution < 1.29 is 0 Å². The third-order valence-electron chi connectivity index (χ3n) is 1.85. The van der Waals surface area contributed by atoms with Crippen LogP contribution < -0.4 is 5.73 Å². The van der Waals surface area contributed by atoms with Crippen LogP contribution in [0.4, 0.5) is 0 Å². The minimum absolute atomic E-state index is 0.368. The number of nitrogens with two attached hydrogens (primary N) is 1. The Labute approximate surface area is 85.7 Å². The highest BCUT2D eigenvalue weighted by molar-refractivity contribution is 7.80. The summed E-state index contributed by atoms with van der Waals surface area (Å²) in [6.07, 6.45) is 0. The van der Waals surface area contributed by atoms with Gasteiger partial charge in [-0.1, -0.05) is 23.8 Å². The third-order valence-corrected chi connectivity index (χ3v) is 2.30. The van der Waals surface area contributed by atoms with Gasteiger partial charge in [0.15, 0.2) is 0 Å². The molecular formula is C9H7ClN2S. The minimum atomic E-state index is 0.368. The van der Waals surface area contributed by atoms with E-state index >= 15 is 0 Å². The molecule has 0 aliphatic heterocycles. The number of hydrogen-bond acceptors (Lipinski definition) is 1. The molecule has 0 amide bonds. The molecule has 2 aromatic rings. The molecule has 0 atom stereocenters. The van der Waals surface area contributed by atoms with Crippen LogP contribution in [0.5, 0.6) is 0 Å². The smallest absolute Gasteiger partial charge is 0.120 e. The predicted molar refractivity (Wildman–Crippen MR) is 59.2 cm³/mol. The fraction of sp³-hybridized carbons (Fsp3) is 0. The van der Waals surface area contributed by atoms with Gasteiger partial charge in [0.25, 0.3) is 0 Å². The lowest BCUT2D eigenvalue weighted by Gasteiger charge is -1.89. The van der Waals surface area contributed by atoms with Gasteiger partial charge in [-0.2, -0.15) is 0 Å². The number of aromatic nitrogens is 1. The Bertz CT molecular complexity index is 475. The second-order valence-electron chi connectivity index (χ2n) is 2.78. The van der Waals surface area contributed by atoms with Crippen LogP contribution >= 0.6 is 23.8 Å². The summed E-state index contributed by atoms with van der Waals surface area (Å²) in [5, 5.41) is 1.73. The van der Waals surface area contributed by atoms with Gasteiger partial charge in [-0.25, -0.2) is 0 Å². The van der Waals surface area contributed by atoms with Crippen molar-refractivity contribution in [3.8, 4) is 0 Å².